The first-order valence-electron chi connectivity index (χ1n) is 10.6. The Balaban J connectivity index is 0.00000225. The van der Waals surface area contributed by atoms with Gasteiger partial charge in [0.05, 0.1) is 22.6 Å². The van der Waals surface area contributed by atoms with Crippen molar-refractivity contribution in [2.24, 2.45) is 0 Å². The summed E-state index contributed by atoms with van der Waals surface area (Å²) >= 11 is 0. The molecular weight excluding hydrogens is 453 g/mol. The summed E-state index contributed by atoms with van der Waals surface area (Å²) in [5.41, 5.74) is 4.13. The summed E-state index contributed by atoms with van der Waals surface area (Å²) < 4.78 is 0. The molecule has 156 valence electrons. The van der Waals surface area contributed by atoms with Gasteiger partial charge in [-0.1, -0.05) is 39.8 Å². The molecular formula is C24H44P2Rh+3. The van der Waals surface area contributed by atoms with E-state index in [1.807, 2.05) is 10.6 Å². The monoisotopic (exact) mass is 497 g/mol. The normalized spacial score (nSPS) is 28.3. The van der Waals surface area contributed by atoms with Crippen LogP contribution >= 0.6 is 15.8 Å². The molecule has 27 heavy (non-hydrogen) atoms. The maximum absolute atomic E-state index is 2.58. The van der Waals surface area contributed by atoms with Crippen molar-refractivity contribution >= 4 is 26.5 Å². The summed E-state index contributed by atoms with van der Waals surface area (Å²) in [5, 5.41) is 3.79. The molecule has 3 rings (SSSR count). The van der Waals surface area contributed by atoms with Crippen LogP contribution in [-0.2, 0) is 19.5 Å². The van der Waals surface area contributed by atoms with Crippen LogP contribution in [0.2, 0.25) is 0 Å². The molecule has 4 atom stereocenters. The first kappa shape index (κ1) is 27.7. The second-order valence-electron chi connectivity index (χ2n) is 8.03. The maximum Gasteiger partial charge on any atom is 3.00 e. The van der Waals surface area contributed by atoms with Crippen LogP contribution in [0.25, 0.3) is 0 Å². The molecule has 0 saturated carbocycles. The van der Waals surface area contributed by atoms with Gasteiger partial charge in [0.2, 0.25) is 0 Å². The molecule has 2 fully saturated rings. The minimum absolute atomic E-state index is 0. The number of hydrogen-bond acceptors (Lipinski definition) is 0. The molecule has 2 aliphatic heterocycles. The summed E-state index contributed by atoms with van der Waals surface area (Å²) in [7, 11) is -0.743. The first-order valence-corrected chi connectivity index (χ1v) is 13.9. The van der Waals surface area contributed by atoms with E-state index in [1.165, 1.54) is 51.4 Å². The van der Waals surface area contributed by atoms with Crippen LogP contribution in [0.4, 0.5) is 0 Å². The van der Waals surface area contributed by atoms with Crippen molar-refractivity contribution in [3.05, 3.63) is 39.1 Å². The van der Waals surface area contributed by atoms with Gasteiger partial charge in [0.15, 0.2) is 0 Å². The number of benzene rings is 1. The second kappa shape index (κ2) is 13.1. The van der Waals surface area contributed by atoms with Crippen LogP contribution in [0.15, 0.2) is 24.3 Å². The summed E-state index contributed by atoms with van der Waals surface area (Å²) in [5.74, 6) is 0. The average molecular weight is 497 g/mol. The van der Waals surface area contributed by atoms with Crippen molar-refractivity contribution in [2.75, 3.05) is 0 Å². The van der Waals surface area contributed by atoms with Crippen molar-refractivity contribution < 1.29 is 19.5 Å². The van der Waals surface area contributed by atoms with E-state index >= 15 is 0 Å². The summed E-state index contributed by atoms with van der Waals surface area (Å²) in [6, 6.07) is 9.87. The molecule has 0 unspecified atom stereocenters. The Kier molecular flexibility index (Phi) is 13.4. The standard InChI is InChI=1S/C22H36P2.2CH3.Rh/c1-5-17-13-14-18(6-2)23(17)21-11-9-10-12-22(21)24-19(7-3)15-16-20(24)8-4;;;/h9-12,17-20H,5-8,13-16H2,1-4H3;2*1H3;/q;2*-1;+3/p+2/t17-,18-,19-,20-;;;/m1.../s1. The van der Waals surface area contributed by atoms with Crippen LogP contribution in [-0.4, -0.2) is 22.6 Å². The van der Waals surface area contributed by atoms with E-state index in [0.29, 0.717) is 0 Å². The van der Waals surface area contributed by atoms with Gasteiger partial charge in [-0.15, -0.1) is 0 Å². The van der Waals surface area contributed by atoms with Gasteiger partial charge < -0.3 is 14.9 Å². The quantitative estimate of drug-likeness (QED) is 0.226. The third kappa shape index (κ3) is 5.65. The minimum Gasteiger partial charge on any atom is -0.358 e. The average Bonchev–Trinajstić information content (AvgIpc) is 3.24. The van der Waals surface area contributed by atoms with Crippen molar-refractivity contribution in [1.29, 1.82) is 0 Å². The van der Waals surface area contributed by atoms with Gasteiger partial charge in [0.25, 0.3) is 0 Å². The molecule has 2 heterocycles. The molecule has 0 bridgehead atoms. The Morgan fingerprint density at radius 1 is 0.630 bits per heavy atom. The summed E-state index contributed by atoms with van der Waals surface area (Å²) in [6.45, 7) is 9.79. The molecule has 1 aromatic carbocycles. The molecule has 2 aliphatic rings. The van der Waals surface area contributed by atoms with Gasteiger partial charge in [-0.2, -0.15) is 0 Å². The Morgan fingerprint density at radius 3 is 1.11 bits per heavy atom. The van der Waals surface area contributed by atoms with Crippen molar-refractivity contribution in [3.8, 4) is 0 Å². The molecule has 0 aliphatic carbocycles. The SMILES string of the molecule is CC[C@@H]1CC[C@@H](CC)[PH+]1c1ccccc1[PH+]1[C@H](CC)CC[C@H]1CC.[CH3-].[CH3-].[Rh+3]. The molecule has 3 heteroatoms. The van der Waals surface area contributed by atoms with E-state index in [9.17, 15) is 0 Å². The first-order chi connectivity index (χ1) is 11.7. The fourth-order valence-electron chi connectivity index (χ4n) is 5.66. The van der Waals surface area contributed by atoms with Gasteiger partial charge >= 0.3 is 19.5 Å². The molecule has 0 spiro atoms. The van der Waals surface area contributed by atoms with E-state index < -0.39 is 0 Å². The van der Waals surface area contributed by atoms with Gasteiger partial charge in [0.1, 0.15) is 10.6 Å². The van der Waals surface area contributed by atoms with E-state index in [4.69, 9.17) is 0 Å². The molecule has 0 nitrogen and oxygen atoms in total. The Labute approximate surface area is 186 Å². The number of hydrogen-bond donors (Lipinski definition) is 0. The smallest absolute Gasteiger partial charge is 0.358 e. The second-order valence-corrected chi connectivity index (χ2v) is 14.2. The maximum atomic E-state index is 2.58. The van der Waals surface area contributed by atoms with E-state index in [1.54, 1.807) is 0 Å². The van der Waals surface area contributed by atoms with Crippen LogP contribution in [0.5, 0.6) is 0 Å². The predicted molar refractivity (Wildman–Crippen MR) is 130 cm³/mol. The van der Waals surface area contributed by atoms with Crippen molar-refractivity contribution in [3.63, 3.8) is 0 Å². The molecule has 0 N–H and O–H groups in total. The Bertz CT molecular complexity index is 462. The third-order valence-corrected chi connectivity index (χ3v) is 15.7. The molecule has 2 saturated heterocycles. The zero-order chi connectivity index (χ0) is 17.1. The fourth-order valence-corrected chi connectivity index (χ4v) is 14.7. The van der Waals surface area contributed by atoms with Crippen molar-refractivity contribution in [1.82, 2.24) is 0 Å². The summed E-state index contributed by atoms with van der Waals surface area (Å²) in [6.07, 6.45) is 11.7. The van der Waals surface area contributed by atoms with Crippen LogP contribution in [0.3, 0.4) is 0 Å². The topological polar surface area (TPSA) is 0 Å². The van der Waals surface area contributed by atoms with Crippen LogP contribution < -0.4 is 10.6 Å². The molecule has 1 aromatic rings. The van der Waals surface area contributed by atoms with Crippen molar-refractivity contribution in [2.45, 2.75) is 102 Å². The molecule has 0 amide bonds. The van der Waals surface area contributed by atoms with Crippen LogP contribution in [0, 0.1) is 14.9 Å². The van der Waals surface area contributed by atoms with Gasteiger partial charge in [0, 0.05) is 15.8 Å². The zero-order valence-electron chi connectivity index (χ0n) is 18.6. The van der Waals surface area contributed by atoms with Gasteiger partial charge in [-0.3, -0.25) is 0 Å². The fraction of sp³-hybridized carbons (Fsp3) is 0.667. The zero-order valence-corrected chi connectivity index (χ0v) is 22.2. The third-order valence-electron chi connectivity index (χ3n) is 7.01. The van der Waals surface area contributed by atoms with E-state index in [2.05, 4.69) is 52.0 Å². The Hall–Kier alpha value is 0.703. The van der Waals surface area contributed by atoms with E-state index in [0.717, 1.165) is 22.6 Å². The van der Waals surface area contributed by atoms with E-state index in [-0.39, 0.29) is 50.2 Å². The summed E-state index contributed by atoms with van der Waals surface area (Å²) in [4.78, 5) is 0. The molecule has 0 radical (unpaired) electrons. The van der Waals surface area contributed by atoms with Gasteiger partial charge in [-0.05, 0) is 63.5 Å². The van der Waals surface area contributed by atoms with Crippen LogP contribution in [0.1, 0.15) is 79.1 Å². The predicted octanol–water partition coefficient (Wildman–Crippen LogP) is 6.97. The molecule has 0 aromatic heterocycles. The minimum atomic E-state index is -0.371. The van der Waals surface area contributed by atoms with Gasteiger partial charge in [-0.25, -0.2) is 0 Å². The largest absolute Gasteiger partial charge is 3.00 e. The number of rotatable bonds is 6. The Morgan fingerprint density at radius 2 is 0.889 bits per heavy atom.